The van der Waals surface area contributed by atoms with E-state index < -0.39 is 12.2 Å². The molecule has 1 unspecified atom stereocenters. The molecular formula is C10H17N3O3. The first kappa shape index (κ1) is 12.7. The number of nitrogens with one attached hydrogen (secondary N) is 2. The summed E-state index contributed by atoms with van der Waals surface area (Å²) >= 11 is 0. The van der Waals surface area contributed by atoms with Gasteiger partial charge in [-0.25, -0.2) is 0 Å². The van der Waals surface area contributed by atoms with Crippen LogP contribution >= 0.6 is 0 Å². The fourth-order valence-electron chi connectivity index (χ4n) is 1.30. The number of aliphatic hydroxyl groups is 2. The van der Waals surface area contributed by atoms with Crippen LogP contribution < -0.4 is 5.32 Å². The van der Waals surface area contributed by atoms with Crippen LogP contribution in [-0.2, 0) is 0 Å². The first-order valence-corrected chi connectivity index (χ1v) is 5.00. The smallest absolute Gasteiger partial charge is 0.255 e. The van der Waals surface area contributed by atoms with Crippen molar-refractivity contribution < 1.29 is 15.0 Å². The highest BCUT2D eigenvalue weighted by molar-refractivity contribution is 5.96. The third-order valence-corrected chi connectivity index (χ3v) is 2.33. The predicted molar refractivity (Wildman–Crippen MR) is 58.1 cm³/mol. The summed E-state index contributed by atoms with van der Waals surface area (Å²) < 4.78 is 0. The van der Waals surface area contributed by atoms with Crippen molar-refractivity contribution in [3.63, 3.8) is 0 Å². The molecule has 1 aromatic rings. The summed E-state index contributed by atoms with van der Waals surface area (Å²) in [4.78, 5) is 11.7. The van der Waals surface area contributed by atoms with Crippen molar-refractivity contribution in [3.8, 4) is 0 Å². The van der Waals surface area contributed by atoms with Crippen LogP contribution in [0.15, 0.2) is 0 Å². The van der Waals surface area contributed by atoms with Crippen LogP contribution in [-0.4, -0.2) is 45.1 Å². The van der Waals surface area contributed by atoms with E-state index in [2.05, 4.69) is 15.5 Å². The average molecular weight is 227 g/mol. The topological polar surface area (TPSA) is 98.2 Å². The summed E-state index contributed by atoms with van der Waals surface area (Å²) in [5.74, 6) is -0.308. The molecule has 0 radical (unpaired) electrons. The molecule has 1 rings (SSSR count). The lowest BCUT2D eigenvalue weighted by Gasteiger charge is -2.20. The largest absolute Gasteiger partial charge is 0.393 e. The molecule has 1 amide bonds. The van der Waals surface area contributed by atoms with Crippen molar-refractivity contribution >= 4 is 5.91 Å². The van der Waals surface area contributed by atoms with E-state index in [9.17, 15) is 9.90 Å². The van der Waals surface area contributed by atoms with Crippen molar-refractivity contribution in [1.29, 1.82) is 0 Å². The van der Waals surface area contributed by atoms with Crippen LogP contribution in [0.5, 0.6) is 0 Å². The van der Waals surface area contributed by atoms with Gasteiger partial charge in [-0.2, -0.15) is 5.10 Å². The Morgan fingerprint density at radius 1 is 1.56 bits per heavy atom. The number of aromatic nitrogens is 2. The van der Waals surface area contributed by atoms with Crippen LogP contribution in [0.2, 0.25) is 0 Å². The van der Waals surface area contributed by atoms with Gasteiger partial charge in [-0.3, -0.25) is 9.89 Å². The van der Waals surface area contributed by atoms with E-state index >= 15 is 0 Å². The van der Waals surface area contributed by atoms with Gasteiger partial charge >= 0.3 is 0 Å². The zero-order chi connectivity index (χ0) is 12.3. The van der Waals surface area contributed by atoms with Crippen LogP contribution in [0.3, 0.4) is 0 Å². The molecule has 1 atom stereocenters. The second kappa shape index (κ2) is 4.63. The van der Waals surface area contributed by atoms with Crippen LogP contribution in [0.4, 0.5) is 0 Å². The lowest BCUT2D eigenvalue weighted by molar-refractivity contribution is 0.00319. The molecule has 4 N–H and O–H groups in total. The summed E-state index contributed by atoms with van der Waals surface area (Å²) in [6.07, 6.45) is 0. The van der Waals surface area contributed by atoms with Gasteiger partial charge in [-0.05, 0) is 20.8 Å². The Morgan fingerprint density at radius 3 is 2.62 bits per heavy atom. The third kappa shape index (κ3) is 2.80. The molecule has 6 heteroatoms. The average Bonchev–Trinajstić information content (AvgIpc) is 2.55. The van der Waals surface area contributed by atoms with E-state index in [-0.39, 0.29) is 12.5 Å². The van der Waals surface area contributed by atoms with E-state index in [4.69, 9.17) is 5.11 Å². The number of carbonyl (C=O) groups excluding carboxylic acids is 1. The van der Waals surface area contributed by atoms with Crippen molar-refractivity contribution in [2.45, 2.75) is 26.4 Å². The van der Waals surface area contributed by atoms with Gasteiger partial charge in [0.15, 0.2) is 0 Å². The molecule has 6 nitrogen and oxygen atoms in total. The molecule has 0 aromatic carbocycles. The molecule has 0 fully saturated rings. The molecule has 0 spiro atoms. The summed E-state index contributed by atoms with van der Waals surface area (Å²) in [6.45, 7) is 4.51. The number of hydrogen-bond acceptors (Lipinski definition) is 4. The molecule has 1 heterocycles. The molecule has 0 bridgehead atoms. The number of aryl methyl sites for hydroxylation is 2. The summed E-state index contributed by atoms with van der Waals surface area (Å²) in [5.41, 5.74) is 0.465. The van der Waals surface area contributed by atoms with E-state index in [0.717, 1.165) is 0 Å². The number of aliphatic hydroxyl groups excluding tert-OH is 1. The minimum Gasteiger partial charge on any atom is -0.393 e. The van der Waals surface area contributed by atoms with E-state index in [0.29, 0.717) is 17.0 Å². The van der Waals surface area contributed by atoms with E-state index in [1.165, 1.54) is 6.92 Å². The Labute approximate surface area is 93.7 Å². The molecule has 90 valence electrons. The zero-order valence-corrected chi connectivity index (χ0v) is 9.66. The maximum atomic E-state index is 11.7. The Bertz CT molecular complexity index is 365. The monoisotopic (exact) mass is 227 g/mol. The molecule has 0 aliphatic heterocycles. The van der Waals surface area contributed by atoms with Gasteiger partial charge in [-0.1, -0.05) is 0 Å². The molecule has 0 aliphatic rings. The second-order valence-electron chi connectivity index (χ2n) is 4.15. The minimum absolute atomic E-state index is 0.00755. The molecule has 0 saturated heterocycles. The fraction of sp³-hybridized carbons (Fsp3) is 0.600. The Hall–Kier alpha value is -1.40. The summed E-state index contributed by atoms with van der Waals surface area (Å²) in [6, 6.07) is 0. The van der Waals surface area contributed by atoms with Crippen LogP contribution in [0.1, 0.15) is 28.7 Å². The van der Waals surface area contributed by atoms with Gasteiger partial charge in [0.1, 0.15) is 5.60 Å². The van der Waals surface area contributed by atoms with Gasteiger partial charge in [-0.15, -0.1) is 0 Å². The number of amides is 1. The number of hydrogen-bond donors (Lipinski definition) is 4. The van der Waals surface area contributed by atoms with E-state index in [1.807, 2.05) is 0 Å². The fourth-order valence-corrected chi connectivity index (χ4v) is 1.30. The lowest BCUT2D eigenvalue weighted by Crippen LogP contribution is -2.43. The number of carbonyl (C=O) groups is 1. The van der Waals surface area contributed by atoms with Crippen molar-refractivity contribution in [2.24, 2.45) is 0 Å². The highest BCUT2D eigenvalue weighted by Crippen LogP contribution is 2.09. The third-order valence-electron chi connectivity index (χ3n) is 2.33. The lowest BCUT2D eigenvalue weighted by atomic mass is 10.1. The Kier molecular flexibility index (Phi) is 3.66. The number of aromatic amines is 1. The number of H-pyrrole nitrogens is 1. The Morgan fingerprint density at radius 2 is 2.19 bits per heavy atom. The molecule has 0 aliphatic carbocycles. The van der Waals surface area contributed by atoms with Gasteiger partial charge in [0.25, 0.3) is 5.91 Å². The summed E-state index contributed by atoms with van der Waals surface area (Å²) in [7, 11) is 0. The first-order chi connectivity index (χ1) is 7.37. The van der Waals surface area contributed by atoms with Gasteiger partial charge in [0, 0.05) is 12.2 Å². The number of rotatable bonds is 4. The zero-order valence-electron chi connectivity index (χ0n) is 9.66. The quantitative estimate of drug-likeness (QED) is 0.557. The maximum Gasteiger partial charge on any atom is 0.255 e. The molecule has 16 heavy (non-hydrogen) atoms. The molecule has 1 aromatic heterocycles. The van der Waals surface area contributed by atoms with Gasteiger partial charge in [0.05, 0.1) is 17.9 Å². The first-order valence-electron chi connectivity index (χ1n) is 5.00. The molecular weight excluding hydrogens is 210 g/mol. The highest BCUT2D eigenvalue weighted by atomic mass is 16.3. The second-order valence-corrected chi connectivity index (χ2v) is 4.15. The maximum absolute atomic E-state index is 11.7. The van der Waals surface area contributed by atoms with Crippen molar-refractivity contribution in [3.05, 3.63) is 17.0 Å². The van der Waals surface area contributed by atoms with Crippen LogP contribution in [0.25, 0.3) is 0 Å². The Balaban J connectivity index is 2.67. The van der Waals surface area contributed by atoms with Crippen molar-refractivity contribution in [1.82, 2.24) is 15.5 Å². The molecule has 0 saturated carbocycles. The normalized spacial score (nSPS) is 14.6. The van der Waals surface area contributed by atoms with Gasteiger partial charge < -0.3 is 15.5 Å². The SMILES string of the molecule is Cc1n[nH]c(C)c1C(=O)NCC(C)(O)CO. The van der Waals surface area contributed by atoms with Gasteiger partial charge in [0.2, 0.25) is 0 Å². The highest BCUT2D eigenvalue weighted by Gasteiger charge is 2.22. The van der Waals surface area contributed by atoms with E-state index in [1.54, 1.807) is 13.8 Å². The van der Waals surface area contributed by atoms with Crippen LogP contribution in [0, 0.1) is 13.8 Å². The summed E-state index contributed by atoms with van der Waals surface area (Å²) in [5, 5.41) is 27.5. The van der Waals surface area contributed by atoms with Crippen molar-refractivity contribution in [2.75, 3.05) is 13.2 Å². The number of nitrogens with zero attached hydrogens (tertiary/aromatic N) is 1. The standard InChI is InChI=1S/C10H17N3O3/c1-6-8(7(2)13-12-6)9(15)11-4-10(3,16)5-14/h14,16H,4-5H2,1-3H3,(H,11,15)(H,12,13). The minimum atomic E-state index is -1.30. The predicted octanol–water partition coefficient (Wildman–Crippen LogP) is -0.500.